The van der Waals surface area contributed by atoms with Crippen molar-refractivity contribution in [1.82, 2.24) is 16.0 Å². The van der Waals surface area contributed by atoms with Crippen LogP contribution in [0.25, 0.3) is 0 Å². The van der Waals surface area contributed by atoms with Gasteiger partial charge in [0.15, 0.2) is 0 Å². The first-order valence-electron chi connectivity index (χ1n) is 12.1. The number of thioether (sulfide) groups is 1. The number of benzene rings is 1. The average molecular weight is 525 g/mol. The van der Waals surface area contributed by atoms with Crippen LogP contribution in [0.3, 0.4) is 0 Å². The number of carbonyl (C=O) groups excluding carboxylic acids is 3. The summed E-state index contributed by atoms with van der Waals surface area (Å²) in [4.78, 5) is 50.5. The number of nitrogens with one attached hydrogen (secondary N) is 3. The zero-order chi connectivity index (χ0) is 27.4. The molecule has 5 atom stereocenters. The van der Waals surface area contributed by atoms with Crippen LogP contribution in [-0.4, -0.2) is 70.1 Å². The number of hydrogen-bond acceptors (Lipinski definition) is 7. The molecule has 0 saturated heterocycles. The zero-order valence-corrected chi connectivity index (χ0v) is 22.4. The van der Waals surface area contributed by atoms with Gasteiger partial charge >= 0.3 is 5.97 Å². The third-order valence-corrected chi connectivity index (χ3v) is 6.64. The summed E-state index contributed by atoms with van der Waals surface area (Å²) in [5.74, 6) is -2.72. The molecule has 202 valence electrons. The van der Waals surface area contributed by atoms with E-state index in [4.69, 9.17) is 5.73 Å². The molecule has 0 aromatic heterocycles. The number of amides is 3. The van der Waals surface area contributed by atoms with Gasteiger partial charge in [0.25, 0.3) is 0 Å². The number of carboxylic acid groups (broad SMARTS) is 1. The van der Waals surface area contributed by atoms with E-state index in [0.29, 0.717) is 18.6 Å². The molecular formula is C25H40N4O6S. The number of phenols is 1. The summed E-state index contributed by atoms with van der Waals surface area (Å²) in [6, 6.07) is 2.43. The fourth-order valence-corrected chi connectivity index (χ4v) is 3.95. The summed E-state index contributed by atoms with van der Waals surface area (Å²) < 4.78 is 0. The van der Waals surface area contributed by atoms with Crippen molar-refractivity contribution in [2.45, 2.75) is 71.1 Å². The smallest absolute Gasteiger partial charge is 0.326 e. The van der Waals surface area contributed by atoms with Crippen molar-refractivity contribution in [3.05, 3.63) is 29.8 Å². The highest BCUT2D eigenvalue weighted by molar-refractivity contribution is 7.98. The van der Waals surface area contributed by atoms with E-state index < -0.39 is 47.9 Å². The lowest BCUT2D eigenvalue weighted by atomic mass is 9.96. The van der Waals surface area contributed by atoms with Crippen LogP contribution in [0.2, 0.25) is 0 Å². The largest absolute Gasteiger partial charge is 0.508 e. The van der Waals surface area contributed by atoms with Crippen LogP contribution in [0.5, 0.6) is 5.75 Å². The van der Waals surface area contributed by atoms with Gasteiger partial charge in [-0.1, -0.05) is 46.2 Å². The van der Waals surface area contributed by atoms with Crippen LogP contribution in [-0.2, 0) is 25.6 Å². The SMILES string of the molecule is CCC(C)C(NC(=O)C(CCSC)NC(=O)C(N)Cc1ccc(O)cc1)C(=O)NC(C(=O)O)C(C)C. The van der Waals surface area contributed by atoms with E-state index in [-0.39, 0.29) is 24.0 Å². The Morgan fingerprint density at radius 3 is 2.03 bits per heavy atom. The number of carbonyl (C=O) groups is 4. The molecular weight excluding hydrogens is 484 g/mol. The highest BCUT2D eigenvalue weighted by atomic mass is 32.2. The van der Waals surface area contributed by atoms with Gasteiger partial charge in [0, 0.05) is 0 Å². The minimum absolute atomic E-state index is 0.105. The monoisotopic (exact) mass is 524 g/mol. The van der Waals surface area contributed by atoms with Crippen molar-refractivity contribution < 1.29 is 29.4 Å². The molecule has 0 aliphatic carbocycles. The molecule has 11 heteroatoms. The standard InChI is InChI=1S/C25H40N4O6S/c1-6-15(4)21(24(33)28-20(14(2)3)25(34)35)29-23(32)19(11-12-36-5)27-22(31)18(26)13-16-7-9-17(30)10-8-16/h7-10,14-15,18-21,30H,6,11-13,26H2,1-5H3,(H,27,31)(H,28,33)(H,29,32)(H,34,35). The maximum atomic E-state index is 13.2. The van der Waals surface area contributed by atoms with Crippen LogP contribution in [0.4, 0.5) is 0 Å². The Morgan fingerprint density at radius 1 is 0.944 bits per heavy atom. The fourth-order valence-electron chi connectivity index (χ4n) is 3.47. The third kappa shape index (κ3) is 10.1. The second kappa shape index (κ2) is 15.4. The van der Waals surface area contributed by atoms with Crippen LogP contribution < -0.4 is 21.7 Å². The number of nitrogens with two attached hydrogens (primary N) is 1. The molecule has 36 heavy (non-hydrogen) atoms. The first-order valence-corrected chi connectivity index (χ1v) is 13.5. The minimum Gasteiger partial charge on any atom is -0.508 e. The maximum Gasteiger partial charge on any atom is 0.326 e. The zero-order valence-electron chi connectivity index (χ0n) is 21.6. The van der Waals surface area contributed by atoms with E-state index in [1.165, 1.54) is 23.9 Å². The second-order valence-corrected chi connectivity index (χ2v) is 10.2. The molecule has 0 radical (unpaired) electrons. The molecule has 10 nitrogen and oxygen atoms in total. The van der Waals surface area contributed by atoms with Gasteiger partial charge in [-0.2, -0.15) is 11.8 Å². The highest BCUT2D eigenvalue weighted by Gasteiger charge is 2.33. The minimum atomic E-state index is -1.15. The van der Waals surface area contributed by atoms with Gasteiger partial charge in [0.2, 0.25) is 17.7 Å². The molecule has 0 fully saturated rings. The maximum absolute atomic E-state index is 13.2. The van der Waals surface area contributed by atoms with E-state index >= 15 is 0 Å². The molecule has 0 spiro atoms. The highest BCUT2D eigenvalue weighted by Crippen LogP contribution is 2.13. The molecule has 0 aliphatic rings. The Balaban J connectivity index is 2.97. The van der Waals surface area contributed by atoms with Crippen LogP contribution >= 0.6 is 11.8 Å². The van der Waals surface area contributed by atoms with Crippen LogP contribution in [0.15, 0.2) is 24.3 Å². The molecule has 3 amide bonds. The first-order chi connectivity index (χ1) is 16.9. The number of phenolic OH excluding ortho intramolecular Hbond substituents is 1. The molecule has 1 aromatic rings. The first kappa shape index (κ1) is 31.2. The number of hydrogen-bond donors (Lipinski definition) is 6. The number of aromatic hydroxyl groups is 1. The Hall–Kier alpha value is -2.79. The van der Waals surface area contributed by atoms with Gasteiger partial charge < -0.3 is 31.9 Å². The fraction of sp³-hybridized carbons (Fsp3) is 0.600. The lowest BCUT2D eigenvalue weighted by Gasteiger charge is -2.28. The summed E-state index contributed by atoms with van der Waals surface area (Å²) in [6.45, 7) is 7.03. The van der Waals surface area contributed by atoms with E-state index in [1.807, 2.05) is 13.2 Å². The molecule has 0 aliphatic heterocycles. The predicted octanol–water partition coefficient (Wildman–Crippen LogP) is 1.26. The Bertz CT molecular complexity index is 880. The average Bonchev–Trinajstić information content (AvgIpc) is 2.83. The van der Waals surface area contributed by atoms with Crippen LogP contribution in [0.1, 0.15) is 46.1 Å². The van der Waals surface area contributed by atoms with Gasteiger partial charge in [0.05, 0.1) is 6.04 Å². The number of aliphatic carboxylic acids is 1. The molecule has 0 heterocycles. The van der Waals surface area contributed by atoms with Crippen molar-refractivity contribution in [2.75, 3.05) is 12.0 Å². The lowest BCUT2D eigenvalue weighted by molar-refractivity contribution is -0.144. The lowest BCUT2D eigenvalue weighted by Crippen LogP contribution is -2.59. The van der Waals surface area contributed by atoms with Crippen molar-refractivity contribution in [1.29, 1.82) is 0 Å². The van der Waals surface area contributed by atoms with Crippen LogP contribution in [0, 0.1) is 11.8 Å². The van der Waals surface area contributed by atoms with Crippen molar-refractivity contribution in [3.8, 4) is 5.75 Å². The second-order valence-electron chi connectivity index (χ2n) is 9.26. The van der Waals surface area contributed by atoms with Gasteiger partial charge in [0.1, 0.15) is 23.9 Å². The molecule has 0 bridgehead atoms. The normalized spacial score (nSPS) is 15.3. The molecule has 5 unspecified atom stereocenters. The van der Waals surface area contributed by atoms with Crippen molar-refractivity contribution in [3.63, 3.8) is 0 Å². The van der Waals surface area contributed by atoms with Gasteiger partial charge in [-0.3, -0.25) is 14.4 Å². The van der Waals surface area contributed by atoms with E-state index in [2.05, 4.69) is 16.0 Å². The Kier molecular flexibility index (Phi) is 13.3. The van der Waals surface area contributed by atoms with Crippen molar-refractivity contribution in [2.24, 2.45) is 17.6 Å². The Morgan fingerprint density at radius 2 is 1.53 bits per heavy atom. The third-order valence-electron chi connectivity index (χ3n) is 6.00. The summed E-state index contributed by atoms with van der Waals surface area (Å²) >= 11 is 1.51. The topological polar surface area (TPSA) is 171 Å². The quantitative estimate of drug-likeness (QED) is 0.199. The molecule has 1 rings (SSSR count). The molecule has 0 saturated carbocycles. The van der Waals surface area contributed by atoms with E-state index in [9.17, 15) is 29.4 Å². The summed E-state index contributed by atoms with van der Waals surface area (Å²) in [6.07, 6.45) is 2.98. The van der Waals surface area contributed by atoms with Gasteiger partial charge in [-0.05, 0) is 54.4 Å². The summed E-state index contributed by atoms with van der Waals surface area (Å²) in [5, 5.41) is 26.8. The summed E-state index contributed by atoms with van der Waals surface area (Å²) in [7, 11) is 0. The van der Waals surface area contributed by atoms with Crippen molar-refractivity contribution >= 4 is 35.5 Å². The van der Waals surface area contributed by atoms with E-state index in [0.717, 1.165) is 5.56 Å². The van der Waals surface area contributed by atoms with Gasteiger partial charge in [-0.15, -0.1) is 0 Å². The molecule has 7 N–H and O–H groups in total. The van der Waals surface area contributed by atoms with Gasteiger partial charge in [-0.25, -0.2) is 4.79 Å². The summed E-state index contributed by atoms with van der Waals surface area (Å²) in [5.41, 5.74) is 6.82. The number of rotatable bonds is 15. The van der Waals surface area contributed by atoms with E-state index in [1.54, 1.807) is 32.9 Å². The number of carboxylic acids is 1. The predicted molar refractivity (Wildman–Crippen MR) is 141 cm³/mol. The molecule has 1 aromatic carbocycles. The Labute approximate surface area is 217 Å².